The predicted octanol–water partition coefficient (Wildman–Crippen LogP) is 4.21. The Bertz CT molecular complexity index is 1080. The molecule has 1 aliphatic rings. The molecule has 2 N–H and O–H groups in total. The van der Waals surface area contributed by atoms with Crippen molar-refractivity contribution in [3.8, 4) is 11.5 Å². The summed E-state index contributed by atoms with van der Waals surface area (Å²) in [7, 11) is 0. The molecule has 162 valence electrons. The molecular formula is C21H20ClN3O4S2. The molecule has 31 heavy (non-hydrogen) atoms. The molecule has 1 aromatic heterocycles. The maximum Gasteiger partial charge on any atom is 0.253 e. The fraction of sp³-hybridized carbons (Fsp3) is 0.286. The second-order valence-electron chi connectivity index (χ2n) is 6.76. The zero-order valence-electron chi connectivity index (χ0n) is 16.6. The number of ether oxygens (including phenoxy) is 2. The highest BCUT2D eigenvalue weighted by Crippen LogP contribution is 2.37. The normalized spacial score (nSPS) is 13.6. The van der Waals surface area contributed by atoms with Crippen LogP contribution in [0.15, 0.2) is 36.4 Å². The summed E-state index contributed by atoms with van der Waals surface area (Å²) in [6.07, 6.45) is 2.42. The molecule has 0 radical (unpaired) electrons. The number of rotatable bonds is 7. The number of hydrogen-bond donors (Lipinski definition) is 2. The molecule has 1 atom stereocenters. The smallest absolute Gasteiger partial charge is 0.253 e. The molecular weight excluding hydrogens is 458 g/mol. The van der Waals surface area contributed by atoms with Gasteiger partial charge in [-0.2, -0.15) is 11.8 Å². The van der Waals surface area contributed by atoms with Gasteiger partial charge in [0.05, 0.1) is 20.8 Å². The quantitative estimate of drug-likeness (QED) is 0.529. The summed E-state index contributed by atoms with van der Waals surface area (Å²) < 4.78 is 12.1. The lowest BCUT2D eigenvalue weighted by Gasteiger charge is -2.17. The number of nitrogens with one attached hydrogen (secondary N) is 2. The van der Waals surface area contributed by atoms with Crippen molar-refractivity contribution < 1.29 is 19.1 Å². The van der Waals surface area contributed by atoms with Crippen molar-refractivity contribution in [3.63, 3.8) is 0 Å². The van der Waals surface area contributed by atoms with Crippen molar-refractivity contribution in [1.29, 1.82) is 0 Å². The van der Waals surface area contributed by atoms with Gasteiger partial charge in [0.1, 0.15) is 19.3 Å². The molecule has 0 saturated carbocycles. The maximum absolute atomic E-state index is 13.0. The van der Waals surface area contributed by atoms with Crippen molar-refractivity contribution in [2.45, 2.75) is 12.5 Å². The fourth-order valence-electron chi connectivity index (χ4n) is 3.10. The SMILES string of the molecule is CSCC[C@@H](NC(=O)c1ccccc1Cl)C(=O)Nc1nc2cc3c(cc2s1)OCCO3. The standard InChI is InChI=1S/C21H20ClN3O4S2/c1-30-9-6-14(23-19(26)12-4-2-3-5-13(12)22)20(27)25-21-24-15-10-16-17(11-18(15)31-21)29-8-7-28-16/h2-5,10-11,14H,6-9H2,1H3,(H,23,26)(H,24,25,27)/t14-/m1/s1. The van der Waals surface area contributed by atoms with Crippen LogP contribution >= 0.6 is 34.7 Å². The van der Waals surface area contributed by atoms with Crippen LogP contribution in [0, 0.1) is 0 Å². The fourth-order valence-corrected chi connectivity index (χ4v) is 4.67. The summed E-state index contributed by atoms with van der Waals surface area (Å²) in [6, 6.07) is 9.69. The van der Waals surface area contributed by atoms with Crippen LogP contribution in [-0.4, -0.2) is 48.1 Å². The zero-order chi connectivity index (χ0) is 21.8. The first kappa shape index (κ1) is 21.7. The highest BCUT2D eigenvalue weighted by Gasteiger charge is 2.24. The molecule has 2 heterocycles. The number of amides is 2. The van der Waals surface area contributed by atoms with E-state index in [2.05, 4.69) is 15.6 Å². The van der Waals surface area contributed by atoms with Gasteiger partial charge in [-0.1, -0.05) is 35.1 Å². The van der Waals surface area contributed by atoms with E-state index in [9.17, 15) is 9.59 Å². The van der Waals surface area contributed by atoms with Gasteiger partial charge in [-0.25, -0.2) is 4.98 Å². The van der Waals surface area contributed by atoms with E-state index in [1.54, 1.807) is 42.1 Å². The Balaban J connectivity index is 1.50. The molecule has 1 aliphatic heterocycles. The number of anilines is 1. The van der Waals surface area contributed by atoms with Crippen LogP contribution < -0.4 is 20.1 Å². The largest absolute Gasteiger partial charge is 0.486 e. The molecule has 2 aromatic carbocycles. The first-order valence-electron chi connectivity index (χ1n) is 9.60. The minimum Gasteiger partial charge on any atom is -0.486 e. The number of fused-ring (bicyclic) bond motifs is 2. The minimum absolute atomic E-state index is 0.328. The average Bonchev–Trinajstić information content (AvgIpc) is 3.15. The van der Waals surface area contributed by atoms with E-state index in [0.717, 1.165) is 4.70 Å². The number of hydrogen-bond acceptors (Lipinski definition) is 7. The number of thioether (sulfide) groups is 1. The third-order valence-electron chi connectivity index (χ3n) is 4.63. The number of nitrogens with zero attached hydrogens (tertiary/aromatic N) is 1. The van der Waals surface area contributed by atoms with Crippen molar-refractivity contribution in [1.82, 2.24) is 10.3 Å². The summed E-state index contributed by atoms with van der Waals surface area (Å²) in [5.41, 5.74) is 1.04. The van der Waals surface area contributed by atoms with Crippen molar-refractivity contribution in [2.75, 3.05) is 30.5 Å². The first-order chi connectivity index (χ1) is 15.0. The number of thiazole rings is 1. The van der Waals surface area contributed by atoms with E-state index in [1.807, 2.05) is 12.3 Å². The van der Waals surface area contributed by atoms with Crippen LogP contribution in [0.2, 0.25) is 5.02 Å². The van der Waals surface area contributed by atoms with Crippen LogP contribution in [0.25, 0.3) is 10.2 Å². The number of halogens is 1. The Labute approximate surface area is 192 Å². The van der Waals surface area contributed by atoms with Gasteiger partial charge in [0, 0.05) is 12.1 Å². The molecule has 4 rings (SSSR count). The minimum atomic E-state index is -0.719. The zero-order valence-corrected chi connectivity index (χ0v) is 19.0. The van der Waals surface area contributed by atoms with Crippen molar-refractivity contribution in [2.24, 2.45) is 0 Å². The van der Waals surface area contributed by atoms with Gasteiger partial charge in [-0.15, -0.1) is 0 Å². The second kappa shape index (κ2) is 9.76. The molecule has 0 unspecified atom stereocenters. The number of carbonyl (C=O) groups is 2. The Morgan fingerprint density at radius 2 is 1.97 bits per heavy atom. The lowest BCUT2D eigenvalue weighted by Crippen LogP contribution is -2.44. The Morgan fingerprint density at radius 3 is 2.71 bits per heavy atom. The van der Waals surface area contributed by atoms with E-state index in [-0.39, 0.29) is 5.91 Å². The van der Waals surface area contributed by atoms with Gasteiger partial charge >= 0.3 is 0 Å². The topological polar surface area (TPSA) is 89.6 Å². The first-order valence-corrected chi connectivity index (χ1v) is 12.2. The molecule has 0 bridgehead atoms. The summed E-state index contributed by atoms with van der Waals surface area (Å²) in [6.45, 7) is 0.998. The van der Waals surface area contributed by atoms with Crippen LogP contribution in [0.5, 0.6) is 11.5 Å². The van der Waals surface area contributed by atoms with Crippen LogP contribution in [-0.2, 0) is 4.79 Å². The van der Waals surface area contributed by atoms with Gasteiger partial charge < -0.3 is 20.1 Å². The molecule has 0 spiro atoms. The van der Waals surface area contributed by atoms with Crippen LogP contribution in [0.4, 0.5) is 5.13 Å². The highest BCUT2D eigenvalue weighted by atomic mass is 35.5. The second-order valence-corrected chi connectivity index (χ2v) is 9.18. The summed E-state index contributed by atoms with van der Waals surface area (Å²) in [4.78, 5) is 30.1. The molecule has 0 saturated heterocycles. The molecule has 7 nitrogen and oxygen atoms in total. The van der Waals surface area contributed by atoms with Crippen molar-refractivity contribution >= 4 is 61.9 Å². The average molecular weight is 478 g/mol. The Morgan fingerprint density at radius 1 is 1.23 bits per heavy atom. The molecule has 3 aromatic rings. The lowest BCUT2D eigenvalue weighted by atomic mass is 10.1. The number of benzene rings is 2. The van der Waals surface area contributed by atoms with E-state index < -0.39 is 11.9 Å². The maximum atomic E-state index is 13.0. The van der Waals surface area contributed by atoms with E-state index >= 15 is 0 Å². The molecule has 2 amide bonds. The van der Waals surface area contributed by atoms with Gasteiger partial charge in [0.2, 0.25) is 5.91 Å². The Kier molecular flexibility index (Phi) is 6.84. The summed E-state index contributed by atoms with van der Waals surface area (Å²) in [5.74, 6) is 1.31. The lowest BCUT2D eigenvalue weighted by molar-refractivity contribution is -0.118. The molecule has 0 aliphatic carbocycles. The van der Waals surface area contributed by atoms with Gasteiger partial charge in [0.25, 0.3) is 5.91 Å². The molecule has 10 heteroatoms. The highest BCUT2D eigenvalue weighted by molar-refractivity contribution is 7.98. The summed E-state index contributed by atoms with van der Waals surface area (Å²) >= 11 is 9.06. The third kappa shape index (κ3) is 5.06. The van der Waals surface area contributed by atoms with Gasteiger partial charge in [-0.3, -0.25) is 9.59 Å². The van der Waals surface area contributed by atoms with Crippen molar-refractivity contribution in [3.05, 3.63) is 47.0 Å². The number of carbonyl (C=O) groups excluding carboxylic acids is 2. The van der Waals surface area contributed by atoms with E-state index in [4.69, 9.17) is 21.1 Å². The monoisotopic (exact) mass is 477 g/mol. The Hall–Kier alpha value is -2.49. The molecule has 0 fully saturated rings. The third-order valence-corrected chi connectivity index (χ3v) is 6.54. The van der Waals surface area contributed by atoms with E-state index in [1.165, 1.54) is 11.3 Å². The van der Waals surface area contributed by atoms with Crippen LogP contribution in [0.1, 0.15) is 16.8 Å². The summed E-state index contributed by atoms with van der Waals surface area (Å²) in [5, 5.41) is 6.41. The van der Waals surface area contributed by atoms with Crippen LogP contribution in [0.3, 0.4) is 0 Å². The van der Waals surface area contributed by atoms with Gasteiger partial charge in [0.15, 0.2) is 16.6 Å². The number of aromatic nitrogens is 1. The van der Waals surface area contributed by atoms with E-state index in [0.29, 0.717) is 58.1 Å². The van der Waals surface area contributed by atoms with Gasteiger partial charge in [-0.05, 0) is 30.6 Å². The predicted molar refractivity (Wildman–Crippen MR) is 125 cm³/mol.